The second kappa shape index (κ2) is 7.31. The monoisotopic (exact) mass is 311 g/mol. The van der Waals surface area contributed by atoms with E-state index in [0.717, 1.165) is 25.2 Å². The van der Waals surface area contributed by atoms with Gasteiger partial charge in [-0.1, -0.05) is 25.1 Å². The minimum atomic E-state index is 0.687. The number of aliphatic imine (C=N–C) groups is 1. The number of likely N-dealkylation sites (tertiary alicyclic amines) is 1. The van der Waals surface area contributed by atoms with E-state index < -0.39 is 0 Å². The van der Waals surface area contributed by atoms with Crippen molar-refractivity contribution in [3.8, 4) is 5.69 Å². The van der Waals surface area contributed by atoms with Crippen LogP contribution in [-0.4, -0.2) is 40.3 Å². The molecule has 0 spiro atoms. The van der Waals surface area contributed by atoms with Crippen molar-refractivity contribution in [2.45, 2.75) is 26.2 Å². The van der Waals surface area contributed by atoms with Crippen molar-refractivity contribution < 1.29 is 0 Å². The van der Waals surface area contributed by atoms with E-state index in [9.17, 15) is 0 Å². The van der Waals surface area contributed by atoms with E-state index in [4.69, 9.17) is 5.73 Å². The molecule has 1 aromatic carbocycles. The summed E-state index contributed by atoms with van der Waals surface area (Å²) in [6, 6.07) is 10.1. The zero-order valence-corrected chi connectivity index (χ0v) is 13.7. The molecule has 23 heavy (non-hydrogen) atoms. The van der Waals surface area contributed by atoms with E-state index >= 15 is 0 Å². The Morgan fingerprint density at radius 2 is 2.17 bits per heavy atom. The van der Waals surface area contributed by atoms with Gasteiger partial charge in [-0.15, -0.1) is 0 Å². The fourth-order valence-electron chi connectivity index (χ4n) is 3.01. The van der Waals surface area contributed by atoms with Crippen molar-refractivity contribution in [2.75, 3.05) is 19.6 Å². The molecule has 122 valence electrons. The molecule has 1 aliphatic rings. The standard InChI is InChI=1S/C18H25N5/c1-15-6-5-11-22(13-15)18(19)20-10-9-16-12-21-23(14-16)17-7-3-2-4-8-17/h2-4,7-8,12,14-15H,5-6,9-11,13H2,1H3,(H2,19,20). The first-order chi connectivity index (χ1) is 11.2. The molecule has 0 aliphatic carbocycles. The Morgan fingerprint density at radius 3 is 2.96 bits per heavy atom. The molecule has 1 aromatic heterocycles. The van der Waals surface area contributed by atoms with Crippen molar-refractivity contribution in [3.63, 3.8) is 0 Å². The summed E-state index contributed by atoms with van der Waals surface area (Å²) in [6.07, 6.45) is 7.33. The number of hydrogen-bond donors (Lipinski definition) is 1. The van der Waals surface area contributed by atoms with Crippen LogP contribution in [0.1, 0.15) is 25.3 Å². The summed E-state index contributed by atoms with van der Waals surface area (Å²) in [5.41, 5.74) is 8.38. The van der Waals surface area contributed by atoms with Crippen molar-refractivity contribution in [3.05, 3.63) is 48.3 Å². The van der Waals surface area contributed by atoms with Gasteiger partial charge in [0.15, 0.2) is 5.96 Å². The molecule has 0 saturated carbocycles. The Balaban J connectivity index is 1.54. The SMILES string of the molecule is CC1CCCN(C(N)=NCCc2cnn(-c3ccccc3)c2)C1. The first-order valence-electron chi connectivity index (χ1n) is 8.36. The first kappa shape index (κ1) is 15.6. The Bertz CT molecular complexity index is 646. The van der Waals surface area contributed by atoms with Crippen LogP contribution in [0, 0.1) is 5.92 Å². The highest BCUT2D eigenvalue weighted by Crippen LogP contribution is 2.15. The Morgan fingerprint density at radius 1 is 1.35 bits per heavy atom. The van der Waals surface area contributed by atoms with Crippen molar-refractivity contribution in [1.82, 2.24) is 14.7 Å². The maximum Gasteiger partial charge on any atom is 0.191 e. The van der Waals surface area contributed by atoms with Gasteiger partial charge in [0.05, 0.1) is 11.9 Å². The molecule has 2 aromatic rings. The van der Waals surface area contributed by atoms with Crippen molar-refractivity contribution in [2.24, 2.45) is 16.6 Å². The first-order valence-corrected chi connectivity index (χ1v) is 8.36. The molecule has 2 heterocycles. The molecule has 1 atom stereocenters. The summed E-state index contributed by atoms with van der Waals surface area (Å²) < 4.78 is 1.90. The van der Waals surface area contributed by atoms with E-state index in [1.54, 1.807) is 0 Å². The number of piperidine rings is 1. The number of guanidine groups is 1. The third kappa shape index (κ3) is 4.12. The summed E-state index contributed by atoms with van der Waals surface area (Å²) in [5, 5.41) is 4.41. The van der Waals surface area contributed by atoms with Crippen LogP contribution in [0.15, 0.2) is 47.7 Å². The van der Waals surface area contributed by atoms with Gasteiger partial charge in [-0.25, -0.2) is 4.68 Å². The maximum atomic E-state index is 6.13. The largest absolute Gasteiger partial charge is 0.370 e. The molecule has 1 unspecified atom stereocenters. The van der Waals surface area contributed by atoms with E-state index in [1.165, 1.54) is 18.4 Å². The summed E-state index contributed by atoms with van der Waals surface area (Å²) >= 11 is 0. The van der Waals surface area contributed by atoms with Gasteiger partial charge >= 0.3 is 0 Å². The topological polar surface area (TPSA) is 59.4 Å². The minimum absolute atomic E-state index is 0.687. The lowest BCUT2D eigenvalue weighted by Gasteiger charge is -2.31. The van der Waals surface area contributed by atoms with Crippen LogP contribution in [0.3, 0.4) is 0 Å². The van der Waals surface area contributed by atoms with Crippen molar-refractivity contribution >= 4 is 5.96 Å². The third-order valence-corrected chi connectivity index (χ3v) is 4.31. The van der Waals surface area contributed by atoms with Gasteiger partial charge in [0, 0.05) is 25.8 Å². The lowest BCUT2D eigenvalue weighted by Crippen LogP contribution is -2.43. The highest BCUT2D eigenvalue weighted by Gasteiger charge is 2.17. The lowest BCUT2D eigenvalue weighted by atomic mass is 10.0. The quantitative estimate of drug-likeness (QED) is 0.697. The van der Waals surface area contributed by atoms with E-state index in [1.807, 2.05) is 41.2 Å². The van der Waals surface area contributed by atoms with E-state index in [2.05, 4.69) is 28.1 Å². The molecule has 5 nitrogen and oxygen atoms in total. The van der Waals surface area contributed by atoms with Gasteiger partial charge < -0.3 is 10.6 Å². The third-order valence-electron chi connectivity index (χ3n) is 4.31. The number of benzene rings is 1. The minimum Gasteiger partial charge on any atom is -0.370 e. The van der Waals surface area contributed by atoms with E-state index in [-0.39, 0.29) is 0 Å². The second-order valence-corrected chi connectivity index (χ2v) is 6.31. The molecule has 5 heteroatoms. The Kier molecular flexibility index (Phi) is 4.95. The highest BCUT2D eigenvalue weighted by molar-refractivity contribution is 5.78. The van der Waals surface area contributed by atoms with Crippen LogP contribution < -0.4 is 5.73 Å². The summed E-state index contributed by atoms with van der Waals surface area (Å²) in [6.45, 7) is 5.04. The van der Waals surface area contributed by atoms with Crippen LogP contribution in [-0.2, 0) is 6.42 Å². The number of nitrogens with zero attached hydrogens (tertiary/aromatic N) is 4. The van der Waals surface area contributed by atoms with Crippen LogP contribution in [0.25, 0.3) is 5.69 Å². The van der Waals surface area contributed by atoms with Crippen LogP contribution in [0.2, 0.25) is 0 Å². The van der Waals surface area contributed by atoms with Crippen molar-refractivity contribution in [1.29, 1.82) is 0 Å². The molecule has 0 amide bonds. The molecular weight excluding hydrogens is 286 g/mol. The smallest absolute Gasteiger partial charge is 0.191 e. The summed E-state index contributed by atoms with van der Waals surface area (Å²) in [4.78, 5) is 6.75. The molecule has 0 bridgehead atoms. The Hall–Kier alpha value is -2.30. The predicted molar refractivity (Wildman–Crippen MR) is 93.7 cm³/mol. The zero-order chi connectivity index (χ0) is 16.1. The Labute approximate surface area is 137 Å². The van der Waals surface area contributed by atoms with Gasteiger partial charge in [0.2, 0.25) is 0 Å². The molecule has 1 aliphatic heterocycles. The highest BCUT2D eigenvalue weighted by atomic mass is 15.3. The van der Waals surface area contributed by atoms with Gasteiger partial charge in [0.1, 0.15) is 0 Å². The molecule has 1 fully saturated rings. The van der Waals surface area contributed by atoms with Gasteiger partial charge in [-0.3, -0.25) is 4.99 Å². The summed E-state index contributed by atoms with van der Waals surface area (Å²) in [5.74, 6) is 1.40. The molecule has 1 saturated heterocycles. The fourth-order valence-corrected chi connectivity index (χ4v) is 3.01. The fraction of sp³-hybridized carbons (Fsp3) is 0.444. The van der Waals surface area contributed by atoms with E-state index in [0.29, 0.717) is 18.4 Å². The number of rotatable bonds is 4. The molecule has 3 rings (SSSR count). The van der Waals surface area contributed by atoms with Gasteiger partial charge in [-0.2, -0.15) is 5.10 Å². The second-order valence-electron chi connectivity index (χ2n) is 6.31. The van der Waals surface area contributed by atoms with Gasteiger partial charge in [0.25, 0.3) is 0 Å². The average molecular weight is 311 g/mol. The summed E-state index contributed by atoms with van der Waals surface area (Å²) in [7, 11) is 0. The molecular formula is C18H25N5. The predicted octanol–water partition coefficient (Wildman–Crippen LogP) is 2.46. The number of para-hydroxylation sites is 1. The zero-order valence-electron chi connectivity index (χ0n) is 13.7. The number of hydrogen-bond acceptors (Lipinski definition) is 2. The number of nitrogens with two attached hydrogens (primary N) is 1. The van der Waals surface area contributed by atoms with Crippen LogP contribution in [0.5, 0.6) is 0 Å². The normalized spacial score (nSPS) is 19.1. The lowest BCUT2D eigenvalue weighted by molar-refractivity contribution is 0.270. The van der Waals surface area contributed by atoms with Crippen LogP contribution >= 0.6 is 0 Å². The average Bonchev–Trinajstić information content (AvgIpc) is 3.04. The number of aromatic nitrogens is 2. The van der Waals surface area contributed by atoms with Crippen LogP contribution in [0.4, 0.5) is 0 Å². The van der Waals surface area contributed by atoms with Gasteiger partial charge in [-0.05, 0) is 42.9 Å². The molecule has 2 N–H and O–H groups in total. The molecule has 0 radical (unpaired) electrons. The maximum absolute atomic E-state index is 6.13.